The zero-order valence-corrected chi connectivity index (χ0v) is 10.7. The molecule has 0 aliphatic carbocycles. The molecule has 1 saturated heterocycles. The third-order valence-electron chi connectivity index (χ3n) is 2.76. The molecule has 1 aromatic carbocycles. The van der Waals surface area contributed by atoms with Gasteiger partial charge in [0.05, 0.1) is 11.9 Å². The third kappa shape index (κ3) is 2.38. The molecule has 1 heterocycles. The summed E-state index contributed by atoms with van der Waals surface area (Å²) in [5, 5.41) is 0. The summed E-state index contributed by atoms with van der Waals surface area (Å²) in [6.07, 6.45) is 0.898. The van der Waals surface area contributed by atoms with E-state index in [1.165, 1.54) is 0 Å². The summed E-state index contributed by atoms with van der Waals surface area (Å²) in [4.78, 5) is 13.6. The number of carbonyl (C=O) groups is 1. The van der Waals surface area contributed by atoms with Crippen LogP contribution in [0, 0.1) is 0 Å². The highest BCUT2D eigenvalue weighted by Gasteiger charge is 2.28. The molecule has 0 spiro atoms. The first kappa shape index (κ1) is 11.5. The third-order valence-corrected chi connectivity index (χ3v) is 3.61. The van der Waals surface area contributed by atoms with Crippen LogP contribution in [-0.2, 0) is 11.3 Å². The first-order valence-electron chi connectivity index (χ1n) is 5.26. The van der Waals surface area contributed by atoms with Crippen molar-refractivity contribution >= 4 is 21.8 Å². The maximum Gasteiger partial charge on any atom is 0.236 e. The van der Waals surface area contributed by atoms with Gasteiger partial charge in [0.2, 0.25) is 5.91 Å². The van der Waals surface area contributed by atoms with Crippen molar-refractivity contribution in [3.05, 3.63) is 29.8 Å². The Kier molecular flexibility index (Phi) is 3.49. The van der Waals surface area contributed by atoms with Gasteiger partial charge in [-0.05, 0) is 24.1 Å². The van der Waals surface area contributed by atoms with Gasteiger partial charge in [0.1, 0.15) is 5.75 Å². The highest BCUT2D eigenvalue weighted by atomic mass is 79.9. The Bertz CT molecular complexity index is 377. The molecule has 4 heteroatoms. The van der Waals surface area contributed by atoms with Gasteiger partial charge in [-0.15, -0.1) is 0 Å². The van der Waals surface area contributed by atoms with Gasteiger partial charge in [0.15, 0.2) is 0 Å². The number of hydrogen-bond acceptors (Lipinski definition) is 2. The van der Waals surface area contributed by atoms with Gasteiger partial charge in [0, 0.05) is 13.1 Å². The van der Waals surface area contributed by atoms with Crippen molar-refractivity contribution in [3.63, 3.8) is 0 Å². The van der Waals surface area contributed by atoms with Crippen LogP contribution in [-0.4, -0.2) is 29.3 Å². The second-order valence-corrected chi connectivity index (χ2v) is 4.97. The quantitative estimate of drug-likeness (QED) is 0.796. The summed E-state index contributed by atoms with van der Waals surface area (Å²) in [5.41, 5.74) is 1.13. The lowest BCUT2D eigenvalue weighted by Gasteiger charge is -2.15. The Hall–Kier alpha value is -1.03. The summed E-state index contributed by atoms with van der Waals surface area (Å²) in [5.74, 6) is 1.03. The minimum atomic E-state index is 0.00532. The van der Waals surface area contributed by atoms with Gasteiger partial charge in [0.25, 0.3) is 0 Å². The topological polar surface area (TPSA) is 29.5 Å². The van der Waals surface area contributed by atoms with Crippen molar-refractivity contribution in [1.29, 1.82) is 0 Å². The number of rotatable bonds is 3. The molecule has 0 N–H and O–H groups in total. The van der Waals surface area contributed by atoms with Crippen LogP contribution in [0.2, 0.25) is 0 Å². The molecule has 1 aliphatic heterocycles. The molecule has 16 heavy (non-hydrogen) atoms. The molecule has 0 aromatic heterocycles. The van der Waals surface area contributed by atoms with Crippen molar-refractivity contribution in [1.82, 2.24) is 4.90 Å². The lowest BCUT2D eigenvalue weighted by Crippen LogP contribution is -2.26. The van der Waals surface area contributed by atoms with E-state index in [1.807, 2.05) is 29.2 Å². The summed E-state index contributed by atoms with van der Waals surface area (Å²) < 4.78 is 5.09. The molecular formula is C12H14BrNO2. The van der Waals surface area contributed by atoms with Crippen LogP contribution in [0.4, 0.5) is 0 Å². The molecule has 0 saturated carbocycles. The standard InChI is InChI=1S/C12H14BrNO2/c1-16-10-4-2-9(3-5-10)8-14-7-6-11(13)12(14)15/h2-5,11H,6-8H2,1H3/t11-/m1/s1. The number of halogens is 1. The number of benzene rings is 1. The van der Waals surface area contributed by atoms with Crippen molar-refractivity contribution in [2.24, 2.45) is 0 Å². The summed E-state index contributed by atoms with van der Waals surface area (Å²) in [6.45, 7) is 1.52. The molecule has 0 unspecified atom stereocenters. The molecule has 1 atom stereocenters. The van der Waals surface area contributed by atoms with Crippen molar-refractivity contribution < 1.29 is 9.53 Å². The monoisotopic (exact) mass is 283 g/mol. The molecule has 86 valence electrons. The maximum absolute atomic E-state index is 11.7. The Morgan fingerprint density at radius 3 is 2.62 bits per heavy atom. The first-order valence-corrected chi connectivity index (χ1v) is 6.18. The maximum atomic E-state index is 11.7. The van der Waals surface area contributed by atoms with E-state index >= 15 is 0 Å². The molecule has 1 fully saturated rings. The average molecular weight is 284 g/mol. The van der Waals surface area contributed by atoms with Crippen LogP contribution in [0.1, 0.15) is 12.0 Å². The Morgan fingerprint density at radius 1 is 1.44 bits per heavy atom. The second kappa shape index (κ2) is 4.87. The number of likely N-dealkylation sites (tertiary alicyclic amines) is 1. The highest BCUT2D eigenvalue weighted by Crippen LogP contribution is 2.21. The largest absolute Gasteiger partial charge is 0.497 e. The summed E-state index contributed by atoms with van der Waals surface area (Å²) >= 11 is 3.37. The van der Waals surface area contributed by atoms with E-state index in [9.17, 15) is 4.79 Å². The molecule has 1 aliphatic rings. The molecule has 3 nitrogen and oxygen atoms in total. The predicted octanol–water partition coefficient (Wildman–Crippen LogP) is 2.19. The van der Waals surface area contributed by atoms with Crippen LogP contribution >= 0.6 is 15.9 Å². The summed E-state index contributed by atoms with van der Waals surface area (Å²) in [6, 6.07) is 7.82. The lowest BCUT2D eigenvalue weighted by atomic mass is 10.2. The number of methoxy groups -OCH3 is 1. The van der Waals surface area contributed by atoms with E-state index in [2.05, 4.69) is 15.9 Å². The Balaban J connectivity index is 2.01. The molecule has 0 bridgehead atoms. The smallest absolute Gasteiger partial charge is 0.236 e. The van der Waals surface area contributed by atoms with E-state index < -0.39 is 0 Å². The minimum Gasteiger partial charge on any atom is -0.497 e. The van der Waals surface area contributed by atoms with Gasteiger partial charge in [-0.25, -0.2) is 0 Å². The molecule has 1 aromatic rings. The van der Waals surface area contributed by atoms with Gasteiger partial charge in [-0.2, -0.15) is 0 Å². The Labute approximate surface area is 104 Å². The van der Waals surface area contributed by atoms with Gasteiger partial charge < -0.3 is 9.64 Å². The number of carbonyl (C=O) groups excluding carboxylic acids is 1. The van der Waals surface area contributed by atoms with Crippen LogP contribution in [0.15, 0.2) is 24.3 Å². The van der Waals surface area contributed by atoms with Crippen molar-refractivity contribution in [2.45, 2.75) is 17.8 Å². The van der Waals surface area contributed by atoms with E-state index in [1.54, 1.807) is 7.11 Å². The van der Waals surface area contributed by atoms with E-state index in [0.717, 1.165) is 24.3 Å². The lowest BCUT2D eigenvalue weighted by molar-refractivity contribution is -0.127. The van der Waals surface area contributed by atoms with Crippen molar-refractivity contribution in [3.8, 4) is 5.75 Å². The SMILES string of the molecule is COc1ccc(CN2CC[C@@H](Br)C2=O)cc1. The van der Waals surface area contributed by atoms with Gasteiger partial charge in [-0.1, -0.05) is 28.1 Å². The molecule has 2 rings (SSSR count). The van der Waals surface area contributed by atoms with Gasteiger partial charge in [-0.3, -0.25) is 4.79 Å². The number of ether oxygens (including phenoxy) is 1. The van der Waals surface area contributed by atoms with Crippen LogP contribution in [0.5, 0.6) is 5.75 Å². The normalized spacial score (nSPS) is 20.2. The van der Waals surface area contributed by atoms with Gasteiger partial charge >= 0.3 is 0 Å². The van der Waals surface area contributed by atoms with Crippen LogP contribution < -0.4 is 4.74 Å². The second-order valence-electron chi connectivity index (χ2n) is 3.86. The predicted molar refractivity (Wildman–Crippen MR) is 65.7 cm³/mol. The number of nitrogens with zero attached hydrogens (tertiary/aromatic N) is 1. The number of hydrogen-bond donors (Lipinski definition) is 0. The fraction of sp³-hybridized carbons (Fsp3) is 0.417. The van der Waals surface area contributed by atoms with Crippen LogP contribution in [0.25, 0.3) is 0 Å². The Morgan fingerprint density at radius 2 is 2.12 bits per heavy atom. The zero-order chi connectivity index (χ0) is 11.5. The average Bonchev–Trinajstić information content (AvgIpc) is 2.62. The molecule has 0 radical (unpaired) electrons. The van der Waals surface area contributed by atoms with E-state index in [0.29, 0.717) is 6.54 Å². The fourth-order valence-corrected chi connectivity index (χ4v) is 2.30. The molecule has 1 amide bonds. The van der Waals surface area contributed by atoms with Crippen LogP contribution in [0.3, 0.4) is 0 Å². The number of amides is 1. The fourth-order valence-electron chi connectivity index (χ4n) is 1.81. The summed E-state index contributed by atoms with van der Waals surface area (Å²) in [7, 11) is 1.65. The molecular weight excluding hydrogens is 270 g/mol. The van der Waals surface area contributed by atoms with E-state index in [4.69, 9.17) is 4.74 Å². The van der Waals surface area contributed by atoms with Crippen molar-refractivity contribution in [2.75, 3.05) is 13.7 Å². The zero-order valence-electron chi connectivity index (χ0n) is 9.15. The minimum absolute atomic E-state index is 0.00532. The number of alkyl halides is 1. The van der Waals surface area contributed by atoms with E-state index in [-0.39, 0.29) is 10.7 Å². The highest BCUT2D eigenvalue weighted by molar-refractivity contribution is 9.10. The first-order chi connectivity index (χ1) is 7.70.